The van der Waals surface area contributed by atoms with Gasteiger partial charge in [-0.1, -0.05) is 6.07 Å². The maximum atomic E-state index is 11.8. The molecule has 2 N–H and O–H groups in total. The molecule has 23 heavy (non-hydrogen) atoms. The van der Waals surface area contributed by atoms with Crippen LogP contribution < -0.4 is 15.4 Å². The quantitative estimate of drug-likeness (QED) is 0.807. The van der Waals surface area contributed by atoms with E-state index in [1.807, 2.05) is 19.9 Å². The van der Waals surface area contributed by atoms with Crippen molar-refractivity contribution in [3.63, 3.8) is 0 Å². The summed E-state index contributed by atoms with van der Waals surface area (Å²) < 4.78 is 28.3. The molecule has 1 aromatic rings. The average molecular weight is 341 g/mol. The van der Waals surface area contributed by atoms with Gasteiger partial charge in [0.25, 0.3) is 0 Å². The zero-order valence-corrected chi connectivity index (χ0v) is 14.2. The molecule has 0 saturated carbocycles. The first kappa shape index (κ1) is 17.5. The molecule has 7 nitrogen and oxygen atoms in total. The Labute approximate surface area is 136 Å². The third-order valence-corrected chi connectivity index (χ3v) is 5.35. The number of hydrogen-bond donors (Lipinski definition) is 2. The molecule has 1 atom stereocenters. The second-order valence-corrected chi connectivity index (χ2v) is 8.20. The van der Waals surface area contributed by atoms with Crippen molar-refractivity contribution in [3.8, 4) is 5.88 Å². The molecule has 0 aromatic carbocycles. The van der Waals surface area contributed by atoms with E-state index in [-0.39, 0.29) is 29.6 Å². The number of sulfone groups is 1. The SMILES string of the molecule is CC(C)Oc1ncccc1CNC(=O)NCC1CCS(=O)(=O)C1. The van der Waals surface area contributed by atoms with Crippen LogP contribution in [0.3, 0.4) is 0 Å². The second-order valence-electron chi connectivity index (χ2n) is 5.97. The van der Waals surface area contributed by atoms with Gasteiger partial charge < -0.3 is 15.4 Å². The predicted molar refractivity (Wildman–Crippen MR) is 87.0 cm³/mol. The molecule has 2 rings (SSSR count). The molecule has 0 spiro atoms. The Morgan fingerprint density at radius 2 is 2.22 bits per heavy atom. The van der Waals surface area contributed by atoms with Crippen LogP contribution in [0.1, 0.15) is 25.8 Å². The molecule has 2 heterocycles. The largest absolute Gasteiger partial charge is 0.475 e. The third kappa shape index (κ3) is 5.70. The Balaban J connectivity index is 1.78. The fourth-order valence-corrected chi connectivity index (χ4v) is 4.26. The Morgan fingerprint density at radius 3 is 2.87 bits per heavy atom. The first-order valence-electron chi connectivity index (χ1n) is 7.68. The van der Waals surface area contributed by atoms with Gasteiger partial charge in [0, 0.05) is 24.8 Å². The van der Waals surface area contributed by atoms with Gasteiger partial charge in [0.1, 0.15) is 0 Å². The van der Waals surface area contributed by atoms with Gasteiger partial charge in [-0.25, -0.2) is 18.2 Å². The van der Waals surface area contributed by atoms with Crippen molar-refractivity contribution in [1.82, 2.24) is 15.6 Å². The molecule has 1 unspecified atom stereocenters. The van der Waals surface area contributed by atoms with Crippen LogP contribution in [-0.4, -0.2) is 43.6 Å². The molecule has 0 radical (unpaired) electrons. The van der Waals surface area contributed by atoms with E-state index in [0.717, 1.165) is 5.56 Å². The van der Waals surface area contributed by atoms with Gasteiger partial charge in [0.2, 0.25) is 5.88 Å². The van der Waals surface area contributed by atoms with E-state index in [1.165, 1.54) is 0 Å². The number of ether oxygens (including phenoxy) is 1. The molecule has 1 aliphatic rings. The lowest BCUT2D eigenvalue weighted by Gasteiger charge is -2.14. The molecular formula is C15H23N3O4S. The van der Waals surface area contributed by atoms with Crippen LogP contribution in [-0.2, 0) is 16.4 Å². The molecule has 0 bridgehead atoms. The van der Waals surface area contributed by atoms with Crippen LogP contribution in [0.15, 0.2) is 18.3 Å². The summed E-state index contributed by atoms with van der Waals surface area (Å²) in [5.41, 5.74) is 0.791. The second kappa shape index (κ2) is 7.63. The van der Waals surface area contributed by atoms with E-state index in [0.29, 0.717) is 25.4 Å². The van der Waals surface area contributed by atoms with Crippen molar-refractivity contribution in [1.29, 1.82) is 0 Å². The van der Waals surface area contributed by atoms with Gasteiger partial charge >= 0.3 is 6.03 Å². The minimum absolute atomic E-state index is 0.00166. The van der Waals surface area contributed by atoms with Gasteiger partial charge in [-0.05, 0) is 32.3 Å². The van der Waals surface area contributed by atoms with E-state index in [4.69, 9.17) is 4.74 Å². The average Bonchev–Trinajstić information content (AvgIpc) is 2.83. The van der Waals surface area contributed by atoms with Crippen molar-refractivity contribution < 1.29 is 17.9 Å². The van der Waals surface area contributed by atoms with Crippen LogP contribution in [0.5, 0.6) is 5.88 Å². The third-order valence-electron chi connectivity index (χ3n) is 3.51. The van der Waals surface area contributed by atoms with Gasteiger partial charge in [0.15, 0.2) is 9.84 Å². The van der Waals surface area contributed by atoms with E-state index < -0.39 is 9.84 Å². The number of carbonyl (C=O) groups excluding carboxylic acids is 1. The number of pyridine rings is 1. The lowest BCUT2D eigenvalue weighted by atomic mass is 10.1. The number of urea groups is 1. The van der Waals surface area contributed by atoms with Gasteiger partial charge in [-0.15, -0.1) is 0 Å². The smallest absolute Gasteiger partial charge is 0.315 e. The Morgan fingerprint density at radius 1 is 1.43 bits per heavy atom. The number of hydrogen-bond acceptors (Lipinski definition) is 5. The van der Waals surface area contributed by atoms with E-state index >= 15 is 0 Å². The summed E-state index contributed by atoms with van der Waals surface area (Å²) in [6.07, 6.45) is 2.25. The highest BCUT2D eigenvalue weighted by atomic mass is 32.2. The first-order valence-corrected chi connectivity index (χ1v) is 9.50. The minimum atomic E-state index is -2.91. The van der Waals surface area contributed by atoms with Crippen molar-refractivity contribution in [2.24, 2.45) is 5.92 Å². The summed E-state index contributed by atoms with van der Waals surface area (Å²) >= 11 is 0. The molecule has 1 saturated heterocycles. The predicted octanol–water partition coefficient (Wildman–Crippen LogP) is 1.10. The van der Waals surface area contributed by atoms with Gasteiger partial charge in [0.05, 0.1) is 17.6 Å². The van der Waals surface area contributed by atoms with Crippen molar-refractivity contribution in [2.75, 3.05) is 18.1 Å². The Bertz CT molecular complexity index is 646. The summed E-state index contributed by atoms with van der Waals surface area (Å²) in [6, 6.07) is 3.30. The monoisotopic (exact) mass is 341 g/mol. The zero-order valence-electron chi connectivity index (χ0n) is 13.4. The summed E-state index contributed by atoms with van der Waals surface area (Å²) in [4.78, 5) is 16.0. The maximum absolute atomic E-state index is 11.8. The van der Waals surface area contributed by atoms with Crippen LogP contribution in [0, 0.1) is 5.92 Å². The molecule has 0 aliphatic carbocycles. The van der Waals surface area contributed by atoms with Crippen molar-refractivity contribution >= 4 is 15.9 Å². The summed E-state index contributed by atoms with van der Waals surface area (Å²) in [7, 11) is -2.91. The molecule has 2 amide bonds. The molecular weight excluding hydrogens is 318 g/mol. The highest BCUT2D eigenvalue weighted by Gasteiger charge is 2.27. The maximum Gasteiger partial charge on any atom is 0.315 e. The number of nitrogens with zero attached hydrogens (tertiary/aromatic N) is 1. The van der Waals surface area contributed by atoms with Crippen LogP contribution in [0.25, 0.3) is 0 Å². The standard InChI is InChI=1S/C15H23N3O4S/c1-11(2)22-14-13(4-3-6-16-14)9-18-15(19)17-8-12-5-7-23(20,21)10-12/h3-4,6,11-12H,5,7-10H2,1-2H3,(H2,17,18,19). The highest BCUT2D eigenvalue weighted by Crippen LogP contribution is 2.17. The Kier molecular flexibility index (Phi) is 5.81. The van der Waals surface area contributed by atoms with E-state index in [9.17, 15) is 13.2 Å². The number of aromatic nitrogens is 1. The highest BCUT2D eigenvalue weighted by molar-refractivity contribution is 7.91. The fourth-order valence-electron chi connectivity index (χ4n) is 2.40. The first-order chi connectivity index (χ1) is 10.9. The van der Waals surface area contributed by atoms with E-state index in [1.54, 1.807) is 12.3 Å². The summed E-state index contributed by atoms with van der Waals surface area (Å²) in [6.45, 7) is 4.49. The number of nitrogens with one attached hydrogen (secondary N) is 2. The molecule has 8 heteroatoms. The minimum Gasteiger partial charge on any atom is -0.475 e. The van der Waals surface area contributed by atoms with Gasteiger partial charge in [-0.3, -0.25) is 0 Å². The number of carbonyl (C=O) groups is 1. The molecule has 1 aliphatic heterocycles. The van der Waals surface area contributed by atoms with Crippen molar-refractivity contribution in [2.45, 2.75) is 32.9 Å². The van der Waals surface area contributed by atoms with Crippen molar-refractivity contribution in [3.05, 3.63) is 23.9 Å². The number of amides is 2. The van der Waals surface area contributed by atoms with E-state index in [2.05, 4.69) is 15.6 Å². The normalized spacial score (nSPS) is 19.5. The van der Waals surface area contributed by atoms with Gasteiger partial charge in [-0.2, -0.15) is 0 Å². The number of rotatable bonds is 6. The molecule has 1 aromatic heterocycles. The topological polar surface area (TPSA) is 97.4 Å². The van der Waals surface area contributed by atoms with Crippen LogP contribution in [0.2, 0.25) is 0 Å². The molecule has 128 valence electrons. The summed E-state index contributed by atoms with van der Waals surface area (Å²) in [5, 5.41) is 5.45. The molecule has 1 fully saturated rings. The Hall–Kier alpha value is -1.83. The van der Waals surface area contributed by atoms with Crippen LogP contribution in [0.4, 0.5) is 4.79 Å². The summed E-state index contributed by atoms with van der Waals surface area (Å²) in [5.74, 6) is 0.878. The van der Waals surface area contributed by atoms with Crippen LogP contribution >= 0.6 is 0 Å². The fraction of sp³-hybridized carbons (Fsp3) is 0.600. The lowest BCUT2D eigenvalue weighted by Crippen LogP contribution is -2.38. The lowest BCUT2D eigenvalue weighted by molar-refractivity contribution is 0.228. The zero-order chi connectivity index (χ0) is 16.9.